The van der Waals surface area contributed by atoms with E-state index in [0.29, 0.717) is 22.6 Å². The van der Waals surface area contributed by atoms with Crippen LogP contribution in [-0.2, 0) is 9.84 Å². The zero-order valence-corrected chi connectivity index (χ0v) is 17.5. The number of piperidine rings is 1. The van der Waals surface area contributed by atoms with Gasteiger partial charge in [0.2, 0.25) is 9.84 Å². The van der Waals surface area contributed by atoms with E-state index < -0.39 is 15.1 Å². The van der Waals surface area contributed by atoms with Gasteiger partial charge in [0.25, 0.3) is 0 Å². The minimum atomic E-state index is -4.00. The first-order chi connectivity index (χ1) is 14.5. The number of anilines is 1. The van der Waals surface area contributed by atoms with Gasteiger partial charge in [-0.2, -0.15) is 5.26 Å². The minimum Gasteiger partial charge on any atom is -0.497 e. The lowest BCUT2D eigenvalue weighted by Gasteiger charge is -2.30. The van der Waals surface area contributed by atoms with Crippen LogP contribution in [0.25, 0.3) is 11.0 Å². The molecule has 7 nitrogen and oxygen atoms in total. The van der Waals surface area contributed by atoms with Crippen LogP contribution in [0, 0.1) is 11.3 Å². The monoisotopic (exact) mass is 422 g/mol. The fraction of sp³-hybridized carbons (Fsp3) is 0.318. The maximum Gasteiger partial charge on any atom is 0.200 e. The molecule has 1 atom stereocenters. The van der Waals surface area contributed by atoms with Crippen LogP contribution in [0.4, 0.5) is 5.82 Å². The van der Waals surface area contributed by atoms with E-state index in [4.69, 9.17) is 9.72 Å². The fourth-order valence-corrected chi connectivity index (χ4v) is 5.08. The number of aromatic nitrogens is 2. The van der Waals surface area contributed by atoms with Crippen molar-refractivity contribution in [1.29, 1.82) is 5.26 Å². The first kappa shape index (κ1) is 20.1. The SMILES string of the molecule is COc1ccc(S(=O)(=O)[C@H](C#N)c2nc3ccccc3nc2N2CCCCC2)cc1. The normalized spacial score (nSPS) is 15.5. The van der Waals surface area contributed by atoms with Gasteiger partial charge in [-0.05, 0) is 55.7 Å². The van der Waals surface area contributed by atoms with Crippen molar-refractivity contribution in [2.75, 3.05) is 25.1 Å². The van der Waals surface area contributed by atoms with Crippen LogP contribution in [-0.4, -0.2) is 38.6 Å². The summed E-state index contributed by atoms with van der Waals surface area (Å²) in [5.41, 5.74) is 1.44. The summed E-state index contributed by atoms with van der Waals surface area (Å²) in [5.74, 6) is 1.03. The van der Waals surface area contributed by atoms with Crippen molar-refractivity contribution in [2.24, 2.45) is 0 Å². The molecular formula is C22H22N4O3S. The second-order valence-corrected chi connectivity index (χ2v) is 9.23. The molecule has 154 valence electrons. The Morgan fingerprint density at radius 2 is 1.63 bits per heavy atom. The summed E-state index contributed by atoms with van der Waals surface area (Å²) in [6.07, 6.45) is 3.12. The summed E-state index contributed by atoms with van der Waals surface area (Å²) in [6, 6.07) is 15.3. The van der Waals surface area contributed by atoms with Gasteiger partial charge in [-0.25, -0.2) is 18.4 Å². The summed E-state index contributed by atoms with van der Waals surface area (Å²) >= 11 is 0. The number of nitrogens with zero attached hydrogens (tertiary/aromatic N) is 4. The Labute approximate surface area is 175 Å². The van der Waals surface area contributed by atoms with Crippen molar-refractivity contribution in [2.45, 2.75) is 29.4 Å². The van der Waals surface area contributed by atoms with E-state index in [9.17, 15) is 13.7 Å². The quantitative estimate of drug-likeness (QED) is 0.619. The summed E-state index contributed by atoms with van der Waals surface area (Å²) in [4.78, 5) is 11.4. The number of methoxy groups -OCH3 is 1. The van der Waals surface area contributed by atoms with Crippen LogP contribution in [0.1, 0.15) is 30.2 Å². The average Bonchev–Trinajstić information content (AvgIpc) is 2.79. The van der Waals surface area contributed by atoms with E-state index in [-0.39, 0.29) is 10.6 Å². The lowest BCUT2D eigenvalue weighted by Crippen LogP contribution is -2.32. The maximum absolute atomic E-state index is 13.4. The van der Waals surface area contributed by atoms with Gasteiger partial charge in [0.1, 0.15) is 11.4 Å². The maximum atomic E-state index is 13.4. The second-order valence-electron chi connectivity index (χ2n) is 7.20. The fourth-order valence-electron chi connectivity index (χ4n) is 3.70. The molecule has 0 bridgehead atoms. The molecular weight excluding hydrogens is 400 g/mol. The number of benzene rings is 2. The first-order valence-corrected chi connectivity index (χ1v) is 11.4. The van der Waals surface area contributed by atoms with Crippen LogP contribution < -0.4 is 9.64 Å². The Morgan fingerprint density at radius 3 is 2.23 bits per heavy atom. The Bertz CT molecular complexity index is 1200. The smallest absolute Gasteiger partial charge is 0.200 e. The highest BCUT2D eigenvalue weighted by Crippen LogP contribution is 2.35. The van der Waals surface area contributed by atoms with Crippen molar-refractivity contribution in [1.82, 2.24) is 9.97 Å². The lowest BCUT2D eigenvalue weighted by atomic mass is 10.1. The largest absolute Gasteiger partial charge is 0.497 e. The van der Waals surface area contributed by atoms with Gasteiger partial charge in [-0.15, -0.1) is 0 Å². The highest BCUT2D eigenvalue weighted by Gasteiger charge is 2.35. The third-order valence-corrected chi connectivity index (χ3v) is 7.18. The van der Waals surface area contributed by atoms with Gasteiger partial charge in [0.15, 0.2) is 11.1 Å². The molecule has 2 aromatic carbocycles. The Hall–Kier alpha value is -3.18. The van der Waals surface area contributed by atoms with E-state index in [2.05, 4.69) is 4.98 Å². The molecule has 1 saturated heterocycles. The molecule has 0 N–H and O–H groups in total. The van der Waals surface area contributed by atoms with Crippen LogP contribution in [0.2, 0.25) is 0 Å². The number of ether oxygens (including phenoxy) is 1. The molecule has 1 aliphatic heterocycles. The standard InChI is InChI=1S/C22H22N4O3S/c1-29-16-9-11-17(12-10-16)30(27,28)20(15-23)21-22(26-13-5-2-6-14-26)25-19-8-4-3-7-18(19)24-21/h3-4,7-12,20H,2,5-6,13-14H2,1H3/t20-/m1/s1. The van der Waals surface area contributed by atoms with Crippen molar-refractivity contribution in [3.63, 3.8) is 0 Å². The zero-order valence-electron chi connectivity index (χ0n) is 16.7. The average molecular weight is 423 g/mol. The van der Waals surface area contributed by atoms with Crippen molar-refractivity contribution >= 4 is 26.7 Å². The number of para-hydroxylation sites is 2. The van der Waals surface area contributed by atoms with Crippen LogP contribution in [0.15, 0.2) is 53.4 Å². The number of fused-ring (bicyclic) bond motifs is 1. The zero-order chi connectivity index (χ0) is 21.1. The summed E-state index contributed by atoms with van der Waals surface area (Å²) in [7, 11) is -2.49. The molecule has 0 saturated carbocycles. The third-order valence-electron chi connectivity index (χ3n) is 5.30. The number of hydrogen-bond acceptors (Lipinski definition) is 7. The molecule has 0 aliphatic carbocycles. The molecule has 1 aliphatic rings. The molecule has 3 aromatic rings. The Morgan fingerprint density at radius 1 is 1.00 bits per heavy atom. The molecule has 1 fully saturated rings. The number of hydrogen-bond donors (Lipinski definition) is 0. The number of sulfone groups is 1. The molecule has 30 heavy (non-hydrogen) atoms. The van der Waals surface area contributed by atoms with Gasteiger partial charge in [0, 0.05) is 13.1 Å². The Kier molecular flexibility index (Phi) is 5.55. The van der Waals surface area contributed by atoms with E-state index in [0.717, 1.165) is 32.4 Å². The summed E-state index contributed by atoms with van der Waals surface area (Å²) < 4.78 is 31.9. The third kappa shape index (κ3) is 3.68. The molecule has 1 aromatic heterocycles. The van der Waals surface area contributed by atoms with Crippen molar-refractivity contribution < 1.29 is 13.2 Å². The van der Waals surface area contributed by atoms with Gasteiger partial charge in [0.05, 0.1) is 29.1 Å². The predicted octanol–water partition coefficient (Wildman–Crippen LogP) is 3.67. The first-order valence-electron chi connectivity index (χ1n) is 9.84. The molecule has 0 spiro atoms. The summed E-state index contributed by atoms with van der Waals surface area (Å²) in [5, 5.41) is 8.47. The van der Waals surface area contributed by atoms with Gasteiger partial charge in [-0.1, -0.05) is 12.1 Å². The highest BCUT2D eigenvalue weighted by molar-refractivity contribution is 7.92. The number of rotatable bonds is 5. The van der Waals surface area contributed by atoms with Crippen molar-refractivity contribution in [3.05, 3.63) is 54.2 Å². The molecule has 4 rings (SSSR count). The van der Waals surface area contributed by atoms with Gasteiger partial charge >= 0.3 is 0 Å². The van der Waals surface area contributed by atoms with E-state index in [1.807, 2.05) is 29.2 Å². The minimum absolute atomic E-state index is 0.0504. The highest BCUT2D eigenvalue weighted by atomic mass is 32.2. The van der Waals surface area contributed by atoms with Crippen LogP contribution in [0.3, 0.4) is 0 Å². The van der Waals surface area contributed by atoms with Crippen LogP contribution in [0.5, 0.6) is 5.75 Å². The van der Waals surface area contributed by atoms with E-state index >= 15 is 0 Å². The summed E-state index contributed by atoms with van der Waals surface area (Å²) in [6.45, 7) is 1.53. The molecule has 0 amide bonds. The van der Waals surface area contributed by atoms with Gasteiger partial charge < -0.3 is 9.64 Å². The van der Waals surface area contributed by atoms with E-state index in [1.165, 1.54) is 19.2 Å². The predicted molar refractivity (Wildman–Crippen MR) is 114 cm³/mol. The molecule has 0 radical (unpaired) electrons. The topological polar surface area (TPSA) is 96.2 Å². The lowest BCUT2D eigenvalue weighted by molar-refractivity contribution is 0.414. The molecule has 2 heterocycles. The van der Waals surface area contributed by atoms with Gasteiger partial charge in [-0.3, -0.25) is 0 Å². The van der Waals surface area contributed by atoms with Crippen molar-refractivity contribution in [3.8, 4) is 11.8 Å². The Balaban J connectivity index is 1.86. The van der Waals surface area contributed by atoms with Crippen LogP contribution >= 0.6 is 0 Å². The molecule has 0 unspecified atom stereocenters. The van der Waals surface area contributed by atoms with E-state index in [1.54, 1.807) is 18.2 Å². The molecule has 8 heteroatoms. The second kappa shape index (κ2) is 8.28. The number of nitriles is 1.